The van der Waals surface area contributed by atoms with Gasteiger partial charge < -0.3 is 15.6 Å². The Balaban J connectivity index is 2.26. The smallest absolute Gasteiger partial charge is 0.251 e. The molecule has 6 nitrogen and oxygen atoms in total. The maximum absolute atomic E-state index is 12.3. The molecule has 2 aromatic heterocycles. The summed E-state index contributed by atoms with van der Waals surface area (Å²) in [5, 5.41) is 3.22. The molecule has 0 spiro atoms. The Hall–Kier alpha value is -2.41. The molecule has 0 unspecified atom stereocenters. The summed E-state index contributed by atoms with van der Waals surface area (Å²) in [5.74, 6) is -0.832. The lowest BCUT2D eigenvalue weighted by Gasteiger charge is -2.14. The van der Waals surface area contributed by atoms with Crippen molar-refractivity contribution in [2.75, 3.05) is 5.32 Å². The maximum atomic E-state index is 12.3. The maximum Gasteiger partial charge on any atom is 0.251 e. The number of nitrogens with one attached hydrogen (secondary N) is 1. The van der Waals surface area contributed by atoms with Crippen LogP contribution >= 0.6 is 11.3 Å². The van der Waals surface area contributed by atoms with Crippen LogP contribution in [0.1, 0.15) is 32.2 Å². The van der Waals surface area contributed by atoms with Gasteiger partial charge in [0.25, 0.3) is 5.91 Å². The Bertz CT molecular complexity index is 823. The molecule has 0 atom stereocenters. The van der Waals surface area contributed by atoms with E-state index in [0.717, 1.165) is 10.4 Å². The van der Waals surface area contributed by atoms with Crippen LogP contribution in [-0.2, 0) is 11.3 Å². The van der Waals surface area contributed by atoms with Gasteiger partial charge in [-0.2, -0.15) is 0 Å². The average Bonchev–Trinajstić information content (AvgIpc) is 2.69. The minimum atomic E-state index is -0.558. The fraction of sp³-hybridized carbons (Fsp3) is 0.312. The van der Waals surface area contributed by atoms with Crippen molar-refractivity contribution >= 4 is 28.2 Å². The lowest BCUT2D eigenvalue weighted by molar-refractivity contribution is -0.116. The standard InChI is InChI=1S/C16H19N3O3S/c1-8-5-12(20)6-9(2)19(8)7-13(21)18-16-14(15(17)22)10(3)11(4)23-16/h5-6H,7H2,1-4H3,(H2,17,22)(H,18,21). The van der Waals surface area contributed by atoms with Gasteiger partial charge >= 0.3 is 0 Å². The second-order valence-corrected chi connectivity index (χ2v) is 6.68. The first-order valence-electron chi connectivity index (χ1n) is 7.08. The van der Waals surface area contributed by atoms with Crippen molar-refractivity contribution in [1.82, 2.24) is 4.57 Å². The van der Waals surface area contributed by atoms with E-state index in [4.69, 9.17) is 5.73 Å². The molecule has 0 aromatic carbocycles. The summed E-state index contributed by atoms with van der Waals surface area (Å²) in [5.41, 5.74) is 7.87. The van der Waals surface area contributed by atoms with Crippen LogP contribution in [0.3, 0.4) is 0 Å². The molecular weight excluding hydrogens is 314 g/mol. The number of rotatable bonds is 4. The first-order chi connectivity index (χ1) is 10.7. The predicted molar refractivity (Wildman–Crippen MR) is 91.1 cm³/mol. The third-order valence-corrected chi connectivity index (χ3v) is 4.86. The van der Waals surface area contributed by atoms with Crippen LogP contribution in [0.4, 0.5) is 5.00 Å². The molecule has 23 heavy (non-hydrogen) atoms. The molecule has 0 saturated heterocycles. The zero-order valence-corrected chi connectivity index (χ0v) is 14.3. The minimum absolute atomic E-state index is 0.0617. The lowest BCUT2D eigenvalue weighted by atomic mass is 10.1. The molecule has 2 heterocycles. The molecule has 122 valence electrons. The van der Waals surface area contributed by atoms with Crippen molar-refractivity contribution in [2.24, 2.45) is 5.73 Å². The number of primary amides is 1. The van der Waals surface area contributed by atoms with Crippen LogP contribution < -0.4 is 16.5 Å². The summed E-state index contributed by atoms with van der Waals surface area (Å²) < 4.78 is 1.74. The Labute approximate surface area is 137 Å². The summed E-state index contributed by atoms with van der Waals surface area (Å²) in [6.07, 6.45) is 0. The molecule has 0 aliphatic heterocycles. The van der Waals surface area contributed by atoms with Gasteiger partial charge in [-0.25, -0.2) is 0 Å². The number of hydrogen-bond acceptors (Lipinski definition) is 4. The van der Waals surface area contributed by atoms with E-state index in [9.17, 15) is 14.4 Å². The van der Waals surface area contributed by atoms with Gasteiger partial charge in [0.2, 0.25) is 5.91 Å². The van der Waals surface area contributed by atoms with E-state index < -0.39 is 5.91 Å². The van der Waals surface area contributed by atoms with Gasteiger partial charge in [0, 0.05) is 28.4 Å². The first kappa shape index (κ1) is 17.0. The number of aryl methyl sites for hydroxylation is 3. The molecule has 0 radical (unpaired) electrons. The number of nitrogens with two attached hydrogens (primary N) is 1. The molecular formula is C16H19N3O3S. The van der Waals surface area contributed by atoms with Crippen LogP contribution in [0.2, 0.25) is 0 Å². The molecule has 0 aliphatic rings. The SMILES string of the molecule is Cc1sc(NC(=O)Cn2c(C)cc(=O)cc2C)c(C(N)=O)c1C. The zero-order chi connectivity index (χ0) is 17.3. The molecule has 3 N–H and O–H groups in total. The highest BCUT2D eigenvalue weighted by atomic mass is 32.1. The summed E-state index contributed by atoms with van der Waals surface area (Å²) in [6.45, 7) is 7.29. The van der Waals surface area contributed by atoms with Crippen molar-refractivity contribution in [3.63, 3.8) is 0 Å². The monoisotopic (exact) mass is 333 g/mol. The molecule has 0 fully saturated rings. The highest BCUT2D eigenvalue weighted by Crippen LogP contribution is 2.32. The van der Waals surface area contributed by atoms with Gasteiger partial charge in [-0.1, -0.05) is 0 Å². The second-order valence-electron chi connectivity index (χ2n) is 5.46. The normalized spacial score (nSPS) is 10.6. The third kappa shape index (κ3) is 3.50. The highest BCUT2D eigenvalue weighted by Gasteiger charge is 2.19. The van der Waals surface area contributed by atoms with Gasteiger partial charge in [0.15, 0.2) is 5.43 Å². The van der Waals surface area contributed by atoms with E-state index in [1.807, 2.05) is 6.92 Å². The largest absolute Gasteiger partial charge is 0.365 e. The van der Waals surface area contributed by atoms with E-state index in [1.54, 1.807) is 25.3 Å². The number of pyridine rings is 1. The van der Waals surface area contributed by atoms with Gasteiger partial charge in [0.05, 0.1) is 5.56 Å². The van der Waals surface area contributed by atoms with Crippen LogP contribution in [0, 0.1) is 27.7 Å². The number of nitrogens with zero attached hydrogens (tertiary/aromatic N) is 1. The van der Waals surface area contributed by atoms with Crippen molar-refractivity contribution < 1.29 is 9.59 Å². The van der Waals surface area contributed by atoms with E-state index >= 15 is 0 Å². The van der Waals surface area contributed by atoms with Crippen LogP contribution in [0.15, 0.2) is 16.9 Å². The second kappa shape index (κ2) is 6.37. The van der Waals surface area contributed by atoms with Crippen LogP contribution in [-0.4, -0.2) is 16.4 Å². The number of aromatic nitrogens is 1. The van der Waals surface area contributed by atoms with Gasteiger partial charge in [-0.05, 0) is 33.3 Å². The summed E-state index contributed by atoms with van der Waals surface area (Å²) in [6, 6.07) is 2.96. The first-order valence-corrected chi connectivity index (χ1v) is 7.90. The topological polar surface area (TPSA) is 94.2 Å². The van der Waals surface area contributed by atoms with Crippen molar-refractivity contribution in [3.05, 3.63) is 49.7 Å². The molecule has 2 amide bonds. The fourth-order valence-corrected chi connectivity index (χ4v) is 3.54. The number of hydrogen-bond donors (Lipinski definition) is 2. The highest BCUT2D eigenvalue weighted by molar-refractivity contribution is 7.16. The summed E-state index contributed by atoms with van der Waals surface area (Å²) in [4.78, 5) is 36.3. The zero-order valence-electron chi connectivity index (χ0n) is 13.5. The Morgan fingerprint density at radius 1 is 1.17 bits per heavy atom. The molecule has 2 rings (SSSR count). The number of carbonyl (C=O) groups is 2. The number of thiophene rings is 1. The molecule has 7 heteroatoms. The molecule has 2 aromatic rings. The Morgan fingerprint density at radius 2 is 1.74 bits per heavy atom. The number of carbonyl (C=O) groups excluding carboxylic acids is 2. The Morgan fingerprint density at radius 3 is 2.26 bits per heavy atom. The van der Waals surface area contributed by atoms with E-state index in [1.165, 1.54) is 23.5 Å². The molecule has 0 bridgehead atoms. The number of anilines is 1. The van der Waals surface area contributed by atoms with Crippen molar-refractivity contribution in [3.8, 4) is 0 Å². The van der Waals surface area contributed by atoms with Gasteiger partial charge in [0.1, 0.15) is 11.5 Å². The van der Waals surface area contributed by atoms with Crippen LogP contribution in [0.5, 0.6) is 0 Å². The predicted octanol–water partition coefficient (Wildman–Crippen LogP) is 1.88. The third-order valence-electron chi connectivity index (χ3n) is 3.74. The van der Waals surface area contributed by atoms with Gasteiger partial charge in [-0.15, -0.1) is 11.3 Å². The molecule has 0 saturated carbocycles. The van der Waals surface area contributed by atoms with Crippen molar-refractivity contribution in [2.45, 2.75) is 34.2 Å². The summed E-state index contributed by atoms with van der Waals surface area (Å²) >= 11 is 1.33. The Kier molecular flexibility index (Phi) is 4.70. The summed E-state index contributed by atoms with van der Waals surface area (Å²) in [7, 11) is 0. The van der Waals surface area contributed by atoms with Gasteiger partial charge in [-0.3, -0.25) is 14.4 Å². The van der Waals surface area contributed by atoms with Crippen molar-refractivity contribution in [1.29, 1.82) is 0 Å². The molecule has 0 aliphatic carbocycles. The fourth-order valence-electron chi connectivity index (χ4n) is 2.46. The van der Waals surface area contributed by atoms with E-state index in [2.05, 4.69) is 5.32 Å². The lowest BCUT2D eigenvalue weighted by Crippen LogP contribution is -2.24. The van der Waals surface area contributed by atoms with E-state index in [0.29, 0.717) is 22.0 Å². The van der Waals surface area contributed by atoms with E-state index in [-0.39, 0.29) is 17.9 Å². The van der Waals surface area contributed by atoms with Crippen LogP contribution in [0.25, 0.3) is 0 Å². The minimum Gasteiger partial charge on any atom is -0.365 e. The average molecular weight is 333 g/mol. The number of amides is 2. The quantitative estimate of drug-likeness (QED) is 0.894.